The molecule has 0 aliphatic carbocycles. The van der Waals surface area contributed by atoms with Crippen LogP contribution in [-0.4, -0.2) is 54.9 Å². The summed E-state index contributed by atoms with van der Waals surface area (Å²) in [7, 11) is 0. The van der Waals surface area contributed by atoms with Crippen LogP contribution in [-0.2, 0) is 14.9 Å². The summed E-state index contributed by atoms with van der Waals surface area (Å²) in [5.74, 6) is 0.603. The minimum atomic E-state index is -0.590. The number of esters is 1. The van der Waals surface area contributed by atoms with Gasteiger partial charge in [-0.2, -0.15) is 0 Å². The van der Waals surface area contributed by atoms with Crippen LogP contribution in [0.25, 0.3) is 0 Å². The van der Waals surface area contributed by atoms with Crippen molar-refractivity contribution < 1.29 is 19.4 Å². The van der Waals surface area contributed by atoms with Gasteiger partial charge in [-0.05, 0) is 55.8 Å². The Kier molecular flexibility index (Phi) is 7.68. The predicted molar refractivity (Wildman–Crippen MR) is 107 cm³/mol. The number of benzene rings is 1. The maximum atomic E-state index is 11.9. The summed E-state index contributed by atoms with van der Waals surface area (Å²) >= 11 is 0. The van der Waals surface area contributed by atoms with Crippen LogP contribution in [0.5, 0.6) is 5.75 Å². The topological polar surface area (TPSA) is 59.0 Å². The lowest BCUT2D eigenvalue weighted by Crippen LogP contribution is -2.44. The van der Waals surface area contributed by atoms with Gasteiger partial charge in [-0.25, -0.2) is 0 Å². The third-order valence-electron chi connectivity index (χ3n) is 5.07. The van der Waals surface area contributed by atoms with Crippen LogP contribution in [0, 0.1) is 12.8 Å². The fraction of sp³-hybridized carbons (Fsp3) is 0.682. The van der Waals surface area contributed by atoms with Crippen LogP contribution in [0.3, 0.4) is 0 Å². The lowest BCUT2D eigenvalue weighted by atomic mass is 9.86. The number of aryl methyl sites for hydroxylation is 1. The molecular formula is C22H35NO4. The first-order valence-corrected chi connectivity index (χ1v) is 10.0. The van der Waals surface area contributed by atoms with Crippen molar-refractivity contribution in [3.8, 4) is 5.75 Å². The molecule has 1 aromatic rings. The van der Waals surface area contributed by atoms with Gasteiger partial charge >= 0.3 is 5.97 Å². The first-order chi connectivity index (χ1) is 12.7. The van der Waals surface area contributed by atoms with Crippen molar-refractivity contribution in [1.82, 2.24) is 4.90 Å². The largest absolute Gasteiger partial charge is 0.491 e. The molecule has 0 amide bonds. The SMILES string of the molecule is CCOC(=O)[C@H]1CCCN(C[C@H](O)COc2ccc(C(C)(C)C)cc2C)C1. The molecule has 1 heterocycles. The van der Waals surface area contributed by atoms with E-state index in [1.807, 2.05) is 19.9 Å². The number of aliphatic hydroxyl groups excluding tert-OH is 1. The molecule has 2 atom stereocenters. The van der Waals surface area contributed by atoms with Gasteiger partial charge in [0, 0.05) is 13.1 Å². The Balaban J connectivity index is 1.84. The van der Waals surface area contributed by atoms with E-state index in [-0.39, 0.29) is 23.9 Å². The first-order valence-electron chi connectivity index (χ1n) is 10.0. The van der Waals surface area contributed by atoms with E-state index in [4.69, 9.17) is 9.47 Å². The number of piperidine rings is 1. The molecule has 0 aromatic heterocycles. The average Bonchev–Trinajstić information content (AvgIpc) is 2.60. The fourth-order valence-corrected chi connectivity index (χ4v) is 3.49. The Bertz CT molecular complexity index is 623. The van der Waals surface area contributed by atoms with Crippen LogP contribution < -0.4 is 4.74 Å². The molecule has 5 heteroatoms. The zero-order valence-corrected chi connectivity index (χ0v) is 17.5. The number of likely N-dealkylation sites (tertiary alicyclic amines) is 1. The van der Waals surface area contributed by atoms with Gasteiger partial charge in [-0.15, -0.1) is 0 Å². The highest BCUT2D eigenvalue weighted by atomic mass is 16.5. The van der Waals surface area contributed by atoms with Gasteiger partial charge in [0.25, 0.3) is 0 Å². The minimum absolute atomic E-state index is 0.0843. The number of rotatable bonds is 7. The van der Waals surface area contributed by atoms with Gasteiger partial charge < -0.3 is 14.6 Å². The van der Waals surface area contributed by atoms with E-state index in [2.05, 4.69) is 37.8 Å². The van der Waals surface area contributed by atoms with E-state index in [1.165, 1.54) is 5.56 Å². The zero-order chi connectivity index (χ0) is 20.0. The highest BCUT2D eigenvalue weighted by Crippen LogP contribution is 2.27. The Morgan fingerprint density at radius 3 is 2.74 bits per heavy atom. The van der Waals surface area contributed by atoms with E-state index in [1.54, 1.807) is 0 Å². The number of β-amino-alcohol motifs (C(OH)–C–C–N with tert-alkyl or cyclic N) is 1. The van der Waals surface area contributed by atoms with Crippen molar-refractivity contribution >= 4 is 5.97 Å². The predicted octanol–water partition coefficient (Wildman–Crippen LogP) is 3.31. The number of hydrogen-bond acceptors (Lipinski definition) is 5. The van der Waals surface area contributed by atoms with Crippen LogP contribution in [0.1, 0.15) is 51.7 Å². The van der Waals surface area contributed by atoms with Crippen LogP contribution in [0.2, 0.25) is 0 Å². The molecule has 1 aliphatic heterocycles. The van der Waals surface area contributed by atoms with Crippen molar-refractivity contribution in [1.29, 1.82) is 0 Å². The summed E-state index contributed by atoms with van der Waals surface area (Å²) < 4.78 is 11.0. The molecule has 2 rings (SSSR count). The maximum Gasteiger partial charge on any atom is 0.310 e. The number of nitrogens with zero attached hydrogens (tertiary/aromatic N) is 1. The molecule has 5 nitrogen and oxygen atoms in total. The summed E-state index contributed by atoms with van der Waals surface area (Å²) in [4.78, 5) is 14.1. The normalized spacial score (nSPS) is 19.6. The van der Waals surface area contributed by atoms with E-state index in [0.717, 1.165) is 30.7 Å². The van der Waals surface area contributed by atoms with Gasteiger partial charge in [-0.3, -0.25) is 9.69 Å². The molecule has 0 radical (unpaired) electrons. The maximum absolute atomic E-state index is 11.9. The molecule has 1 fully saturated rings. The van der Waals surface area contributed by atoms with E-state index in [0.29, 0.717) is 19.7 Å². The number of carbonyl (C=O) groups is 1. The molecule has 152 valence electrons. The van der Waals surface area contributed by atoms with Gasteiger partial charge in [0.15, 0.2) is 0 Å². The van der Waals surface area contributed by atoms with Gasteiger partial charge in [-0.1, -0.05) is 32.9 Å². The zero-order valence-electron chi connectivity index (χ0n) is 17.5. The van der Waals surface area contributed by atoms with Gasteiger partial charge in [0.05, 0.1) is 12.5 Å². The number of hydrogen-bond donors (Lipinski definition) is 1. The lowest BCUT2D eigenvalue weighted by Gasteiger charge is -2.32. The van der Waals surface area contributed by atoms with E-state index >= 15 is 0 Å². The second kappa shape index (κ2) is 9.56. The fourth-order valence-electron chi connectivity index (χ4n) is 3.49. The molecule has 1 saturated heterocycles. The summed E-state index contributed by atoms with van der Waals surface area (Å²) in [5, 5.41) is 10.4. The molecule has 27 heavy (non-hydrogen) atoms. The highest BCUT2D eigenvalue weighted by Gasteiger charge is 2.27. The summed E-state index contributed by atoms with van der Waals surface area (Å²) in [6.45, 7) is 13.1. The van der Waals surface area contributed by atoms with Crippen molar-refractivity contribution in [2.24, 2.45) is 5.92 Å². The molecular weight excluding hydrogens is 342 g/mol. The van der Waals surface area contributed by atoms with Crippen LogP contribution in [0.15, 0.2) is 18.2 Å². The molecule has 0 unspecified atom stereocenters. The van der Waals surface area contributed by atoms with Crippen molar-refractivity contribution in [3.05, 3.63) is 29.3 Å². The third-order valence-corrected chi connectivity index (χ3v) is 5.07. The molecule has 1 N–H and O–H groups in total. The Morgan fingerprint density at radius 1 is 1.37 bits per heavy atom. The standard InChI is InChI=1S/C22H35NO4/c1-6-26-21(25)17-8-7-11-23(13-17)14-19(24)15-27-20-10-9-18(12-16(20)2)22(3,4)5/h9-10,12,17,19,24H,6-8,11,13-15H2,1-5H3/t17-,19-/m0/s1. The first kappa shape index (κ1) is 21.7. The average molecular weight is 378 g/mol. The Hall–Kier alpha value is -1.59. The lowest BCUT2D eigenvalue weighted by molar-refractivity contribution is -0.150. The molecule has 1 aromatic carbocycles. The number of aliphatic hydroxyl groups is 1. The number of ether oxygens (including phenoxy) is 2. The van der Waals surface area contributed by atoms with Crippen LogP contribution in [0.4, 0.5) is 0 Å². The van der Waals surface area contributed by atoms with E-state index < -0.39 is 6.10 Å². The molecule has 0 spiro atoms. The minimum Gasteiger partial charge on any atom is -0.491 e. The summed E-state index contributed by atoms with van der Waals surface area (Å²) in [6.07, 6.45) is 1.22. The molecule has 0 bridgehead atoms. The molecule has 0 saturated carbocycles. The smallest absolute Gasteiger partial charge is 0.310 e. The summed E-state index contributed by atoms with van der Waals surface area (Å²) in [5.41, 5.74) is 2.45. The number of carbonyl (C=O) groups excluding carboxylic acids is 1. The Labute approximate surface area is 163 Å². The second-order valence-electron chi connectivity index (χ2n) is 8.55. The second-order valence-corrected chi connectivity index (χ2v) is 8.55. The van der Waals surface area contributed by atoms with Crippen molar-refractivity contribution in [2.45, 2.75) is 59.0 Å². The van der Waals surface area contributed by atoms with E-state index in [9.17, 15) is 9.90 Å². The Morgan fingerprint density at radius 2 is 2.11 bits per heavy atom. The highest BCUT2D eigenvalue weighted by molar-refractivity contribution is 5.72. The van der Waals surface area contributed by atoms with Gasteiger partial charge in [0.2, 0.25) is 0 Å². The third kappa shape index (κ3) is 6.51. The monoisotopic (exact) mass is 377 g/mol. The quantitative estimate of drug-likeness (QED) is 0.739. The van der Waals surface area contributed by atoms with Gasteiger partial charge in [0.1, 0.15) is 18.5 Å². The van der Waals surface area contributed by atoms with Crippen molar-refractivity contribution in [3.63, 3.8) is 0 Å². The molecule has 1 aliphatic rings. The van der Waals surface area contributed by atoms with Crippen LogP contribution >= 0.6 is 0 Å². The summed E-state index contributed by atoms with van der Waals surface area (Å²) in [6, 6.07) is 6.22. The van der Waals surface area contributed by atoms with Crippen molar-refractivity contribution in [2.75, 3.05) is 32.8 Å².